The zero-order valence-electron chi connectivity index (χ0n) is 17.2. The van der Waals surface area contributed by atoms with Gasteiger partial charge in [-0.1, -0.05) is 35.0 Å². The number of halogens is 5. The van der Waals surface area contributed by atoms with Crippen molar-refractivity contribution < 1.29 is 37.0 Å². The quantitative estimate of drug-likeness (QED) is 0.144. The van der Waals surface area contributed by atoms with Crippen molar-refractivity contribution in [1.82, 2.24) is 0 Å². The van der Waals surface area contributed by atoms with E-state index >= 15 is 0 Å². The van der Waals surface area contributed by atoms with Crippen LogP contribution in [-0.2, 0) is 17.6 Å². The van der Waals surface area contributed by atoms with Crippen LogP contribution < -0.4 is 4.74 Å². The number of nitro benzene ring substituents is 2. The monoisotopic (exact) mass is 513 g/mol. The first-order chi connectivity index (χ1) is 16.5. The van der Waals surface area contributed by atoms with Gasteiger partial charge in [-0.25, -0.2) is 4.39 Å². The highest BCUT2D eigenvalue weighted by atomic mass is 35.5. The van der Waals surface area contributed by atoms with E-state index < -0.39 is 44.5 Å². The molecular weight excluding hydrogens is 502 g/mol. The Morgan fingerprint density at radius 2 is 1.63 bits per heavy atom. The van der Waals surface area contributed by atoms with E-state index in [2.05, 4.69) is 5.16 Å². The average Bonchev–Trinajstić information content (AvgIpc) is 2.78. The van der Waals surface area contributed by atoms with E-state index in [4.69, 9.17) is 21.2 Å². The first-order valence-electron chi connectivity index (χ1n) is 9.37. The van der Waals surface area contributed by atoms with E-state index in [0.717, 1.165) is 6.21 Å². The third kappa shape index (κ3) is 6.20. The van der Waals surface area contributed by atoms with E-state index in [0.29, 0.717) is 0 Å². The molecule has 0 amide bonds. The molecule has 14 heteroatoms. The zero-order valence-corrected chi connectivity index (χ0v) is 17.9. The Balaban J connectivity index is 1.98. The highest BCUT2D eigenvalue weighted by molar-refractivity contribution is 6.30. The Morgan fingerprint density at radius 3 is 2.20 bits per heavy atom. The van der Waals surface area contributed by atoms with Gasteiger partial charge in [0.25, 0.3) is 5.75 Å². The van der Waals surface area contributed by atoms with Crippen molar-refractivity contribution >= 4 is 29.2 Å². The molecule has 0 bridgehead atoms. The van der Waals surface area contributed by atoms with E-state index in [1.54, 1.807) is 6.07 Å². The Bertz CT molecular complexity index is 1280. The van der Waals surface area contributed by atoms with E-state index in [-0.39, 0.29) is 40.6 Å². The Kier molecular flexibility index (Phi) is 7.49. The second-order valence-electron chi connectivity index (χ2n) is 6.74. The number of ether oxygens (including phenoxy) is 1. The second-order valence-corrected chi connectivity index (χ2v) is 7.18. The smallest absolute Gasteiger partial charge is 0.416 e. The Hall–Kier alpha value is -4.26. The summed E-state index contributed by atoms with van der Waals surface area (Å²) in [7, 11) is 0. The maximum Gasteiger partial charge on any atom is 0.416 e. The van der Waals surface area contributed by atoms with Crippen LogP contribution in [0, 0.1) is 26.0 Å². The van der Waals surface area contributed by atoms with E-state index in [1.165, 1.54) is 36.4 Å². The fraction of sp³-hybridized carbons (Fsp3) is 0.0952. The maximum absolute atomic E-state index is 13.7. The molecule has 0 spiro atoms. The van der Waals surface area contributed by atoms with Gasteiger partial charge in [-0.3, -0.25) is 20.2 Å². The van der Waals surface area contributed by atoms with Gasteiger partial charge in [0, 0.05) is 28.3 Å². The van der Waals surface area contributed by atoms with Gasteiger partial charge < -0.3 is 9.57 Å². The van der Waals surface area contributed by atoms with E-state index in [9.17, 15) is 37.8 Å². The molecule has 0 aliphatic rings. The van der Waals surface area contributed by atoms with Gasteiger partial charge in [0.15, 0.2) is 0 Å². The molecule has 0 heterocycles. The SMILES string of the molecule is O=[N+]([O-])c1cc(C(F)(F)F)cc([N+](=O)[O-])c1Oc1ccc(Cl)cc1/C=N\OCc1ccccc1F. The molecular formula is C21H12ClF4N3O6. The molecule has 0 atom stereocenters. The summed E-state index contributed by atoms with van der Waals surface area (Å²) in [6.07, 6.45) is -4.05. The minimum atomic E-state index is -5.08. The highest BCUT2D eigenvalue weighted by Crippen LogP contribution is 2.45. The molecule has 3 rings (SSSR count). The fourth-order valence-electron chi connectivity index (χ4n) is 2.78. The van der Waals surface area contributed by atoms with Crippen LogP contribution in [0.2, 0.25) is 5.02 Å². The summed E-state index contributed by atoms with van der Waals surface area (Å²) in [5.41, 5.74) is -3.94. The number of alkyl halides is 3. The fourth-order valence-corrected chi connectivity index (χ4v) is 2.96. The lowest BCUT2D eigenvalue weighted by molar-refractivity contribution is -0.396. The van der Waals surface area contributed by atoms with Crippen molar-refractivity contribution in [3.05, 3.63) is 102 Å². The van der Waals surface area contributed by atoms with Crippen LogP contribution in [0.3, 0.4) is 0 Å². The Morgan fingerprint density at radius 1 is 1.00 bits per heavy atom. The summed E-state index contributed by atoms with van der Waals surface area (Å²) >= 11 is 5.93. The first kappa shape index (κ1) is 25.4. The van der Waals surface area contributed by atoms with Crippen LogP contribution in [0.4, 0.5) is 28.9 Å². The normalized spacial score (nSPS) is 11.5. The van der Waals surface area contributed by atoms with Gasteiger partial charge in [-0.05, 0) is 24.3 Å². The standard InChI is InChI=1S/C21H12ClF4N3O6/c22-15-5-6-19(13(7-15)10-27-34-11-12-3-1-2-4-16(12)23)35-20-17(28(30)31)8-14(21(24,25)26)9-18(20)29(32)33/h1-10H,11H2/b27-10-. The lowest BCUT2D eigenvalue weighted by Gasteiger charge is -2.12. The number of oxime groups is 1. The van der Waals surface area contributed by atoms with Gasteiger partial charge in [0.05, 0.1) is 21.6 Å². The average molecular weight is 514 g/mol. The predicted molar refractivity (Wildman–Crippen MR) is 115 cm³/mol. The van der Waals surface area contributed by atoms with Gasteiger partial charge in [-0.2, -0.15) is 13.2 Å². The van der Waals surface area contributed by atoms with Crippen molar-refractivity contribution in [3.63, 3.8) is 0 Å². The molecule has 0 aliphatic heterocycles. The summed E-state index contributed by atoms with van der Waals surface area (Å²) in [6.45, 7) is -0.254. The first-order valence-corrected chi connectivity index (χ1v) is 9.75. The van der Waals surface area contributed by atoms with Gasteiger partial charge >= 0.3 is 17.6 Å². The third-order valence-electron chi connectivity index (χ3n) is 4.40. The van der Waals surface area contributed by atoms with Gasteiger partial charge in [-0.15, -0.1) is 0 Å². The second kappa shape index (κ2) is 10.3. The lowest BCUT2D eigenvalue weighted by Crippen LogP contribution is -2.08. The van der Waals surface area contributed by atoms with Crippen molar-refractivity contribution in [1.29, 1.82) is 0 Å². The molecule has 0 N–H and O–H groups in total. The molecule has 0 aliphatic carbocycles. The largest absolute Gasteiger partial charge is 0.443 e. The Labute approximate surface area is 198 Å². The molecule has 0 radical (unpaired) electrons. The van der Waals surface area contributed by atoms with Crippen LogP contribution in [0.5, 0.6) is 11.5 Å². The van der Waals surface area contributed by atoms with Crippen LogP contribution >= 0.6 is 11.6 Å². The highest BCUT2D eigenvalue weighted by Gasteiger charge is 2.38. The summed E-state index contributed by atoms with van der Waals surface area (Å²) in [5, 5.41) is 26.6. The number of benzene rings is 3. The van der Waals surface area contributed by atoms with Crippen LogP contribution in [0.1, 0.15) is 16.7 Å². The van der Waals surface area contributed by atoms with Crippen molar-refractivity contribution in [3.8, 4) is 11.5 Å². The summed E-state index contributed by atoms with van der Waals surface area (Å²) < 4.78 is 58.3. The zero-order chi connectivity index (χ0) is 25.8. The molecule has 0 fully saturated rings. The number of hydrogen-bond acceptors (Lipinski definition) is 7. The third-order valence-corrected chi connectivity index (χ3v) is 4.63. The molecule has 182 valence electrons. The topological polar surface area (TPSA) is 117 Å². The van der Waals surface area contributed by atoms with E-state index in [1.807, 2.05) is 0 Å². The molecule has 9 nitrogen and oxygen atoms in total. The predicted octanol–water partition coefficient (Wildman–Crippen LogP) is 6.66. The minimum absolute atomic E-state index is 0.00882. The van der Waals surface area contributed by atoms with Crippen molar-refractivity contribution in [2.75, 3.05) is 0 Å². The molecule has 0 saturated heterocycles. The molecule has 3 aromatic rings. The maximum atomic E-state index is 13.7. The van der Waals surface area contributed by atoms with Crippen LogP contribution in [0.15, 0.2) is 59.8 Å². The summed E-state index contributed by atoms with van der Waals surface area (Å²) in [5.74, 6) is -1.83. The van der Waals surface area contributed by atoms with Gasteiger partial charge in [0.2, 0.25) is 0 Å². The number of nitrogens with zero attached hydrogens (tertiary/aromatic N) is 3. The number of hydrogen-bond donors (Lipinski definition) is 0. The number of rotatable bonds is 8. The van der Waals surface area contributed by atoms with Crippen LogP contribution in [-0.4, -0.2) is 16.1 Å². The summed E-state index contributed by atoms with van der Waals surface area (Å²) in [4.78, 5) is 25.4. The van der Waals surface area contributed by atoms with Crippen molar-refractivity contribution in [2.45, 2.75) is 12.8 Å². The van der Waals surface area contributed by atoms with Gasteiger partial charge in [0.1, 0.15) is 18.2 Å². The lowest BCUT2D eigenvalue weighted by atomic mass is 10.1. The molecule has 0 saturated carbocycles. The molecule has 0 aromatic heterocycles. The van der Waals surface area contributed by atoms with Crippen molar-refractivity contribution in [2.24, 2.45) is 5.16 Å². The summed E-state index contributed by atoms with van der Waals surface area (Å²) in [6, 6.07) is 9.70. The molecule has 35 heavy (non-hydrogen) atoms. The molecule has 0 unspecified atom stereocenters. The van der Waals surface area contributed by atoms with Crippen LogP contribution in [0.25, 0.3) is 0 Å². The minimum Gasteiger partial charge on any atom is -0.443 e. The number of nitro groups is 2. The molecule has 3 aromatic carbocycles.